The molecule has 3 rings (SSSR count). The highest BCUT2D eigenvalue weighted by molar-refractivity contribution is 5.88. The number of benzene rings is 1. The maximum atomic E-state index is 4.62. The molecule has 1 aliphatic heterocycles. The lowest BCUT2D eigenvalue weighted by Crippen LogP contribution is -2.29. The third kappa shape index (κ3) is 1.86. The molecule has 0 unspecified atom stereocenters. The monoisotopic (exact) mass is 240 g/mol. The van der Waals surface area contributed by atoms with E-state index >= 15 is 0 Å². The molecule has 2 heteroatoms. The molecule has 1 N–H and O–H groups in total. The summed E-state index contributed by atoms with van der Waals surface area (Å²) in [4.78, 5) is 4.62. The zero-order valence-corrected chi connectivity index (χ0v) is 11.3. The van der Waals surface area contributed by atoms with Crippen molar-refractivity contribution >= 4 is 17.6 Å². The minimum absolute atomic E-state index is 0.364. The molecular formula is C16H20N2. The zero-order chi connectivity index (χ0) is 12.8. The Balaban J connectivity index is 2.01. The van der Waals surface area contributed by atoms with Gasteiger partial charge in [-0.3, -0.25) is 4.99 Å². The summed E-state index contributed by atoms with van der Waals surface area (Å²) in [5.74, 6) is 0.697. The third-order valence-electron chi connectivity index (χ3n) is 4.43. The van der Waals surface area contributed by atoms with Gasteiger partial charge in [-0.15, -0.1) is 0 Å². The molecule has 0 bridgehead atoms. The van der Waals surface area contributed by atoms with Gasteiger partial charge < -0.3 is 5.32 Å². The Bertz CT molecular complexity index is 538. The molecule has 0 aromatic heterocycles. The molecule has 0 saturated carbocycles. The number of aliphatic imine (C=N–C) groups is 1. The maximum absolute atomic E-state index is 4.62. The van der Waals surface area contributed by atoms with Gasteiger partial charge >= 0.3 is 0 Å². The van der Waals surface area contributed by atoms with E-state index in [1.54, 1.807) is 0 Å². The summed E-state index contributed by atoms with van der Waals surface area (Å²) in [5, 5.41) is 3.58. The lowest BCUT2D eigenvalue weighted by Gasteiger charge is -2.38. The van der Waals surface area contributed by atoms with E-state index in [0.717, 1.165) is 24.2 Å². The van der Waals surface area contributed by atoms with Crippen LogP contribution in [0.3, 0.4) is 0 Å². The number of fused-ring (bicyclic) bond motifs is 1. The second kappa shape index (κ2) is 3.98. The number of hydrogen-bond acceptors (Lipinski definition) is 2. The lowest BCUT2D eigenvalue weighted by atomic mass is 9.69. The third-order valence-corrected chi connectivity index (χ3v) is 4.43. The Morgan fingerprint density at radius 2 is 2.06 bits per heavy atom. The molecule has 0 amide bonds. The highest BCUT2D eigenvalue weighted by atomic mass is 14.9. The first-order chi connectivity index (χ1) is 8.56. The minimum Gasteiger partial charge on any atom is -0.357 e. The number of hydrogen-bond donors (Lipinski definition) is 1. The molecule has 1 aliphatic carbocycles. The Hall–Kier alpha value is -1.57. The molecule has 0 spiro atoms. The molecule has 0 radical (unpaired) electrons. The molecule has 1 atom stereocenters. The summed E-state index contributed by atoms with van der Waals surface area (Å²) >= 11 is 0. The van der Waals surface area contributed by atoms with Gasteiger partial charge in [-0.2, -0.15) is 0 Å². The van der Waals surface area contributed by atoms with Crippen molar-refractivity contribution in [1.29, 1.82) is 0 Å². The van der Waals surface area contributed by atoms with Crippen LogP contribution in [0.2, 0.25) is 0 Å². The van der Waals surface area contributed by atoms with Gasteiger partial charge in [0.15, 0.2) is 0 Å². The molecular weight excluding hydrogens is 220 g/mol. The second-order valence-corrected chi connectivity index (χ2v) is 6.17. The average Bonchev–Trinajstić information content (AvgIpc) is 2.49. The maximum Gasteiger partial charge on any atom is 0.0864 e. The fourth-order valence-corrected chi connectivity index (χ4v) is 2.74. The van der Waals surface area contributed by atoms with E-state index in [-0.39, 0.29) is 0 Å². The van der Waals surface area contributed by atoms with Gasteiger partial charge in [-0.05, 0) is 41.9 Å². The van der Waals surface area contributed by atoms with E-state index in [4.69, 9.17) is 0 Å². The van der Waals surface area contributed by atoms with Crippen LogP contribution in [0.15, 0.2) is 40.5 Å². The molecule has 94 valence electrons. The van der Waals surface area contributed by atoms with E-state index < -0.39 is 0 Å². The van der Waals surface area contributed by atoms with Crippen molar-refractivity contribution in [3.05, 3.63) is 35.5 Å². The van der Waals surface area contributed by atoms with Crippen molar-refractivity contribution in [3.8, 4) is 0 Å². The van der Waals surface area contributed by atoms with Crippen LogP contribution in [0.1, 0.15) is 33.6 Å². The number of rotatable bonds is 0. The van der Waals surface area contributed by atoms with Crippen LogP contribution in [-0.4, -0.2) is 6.21 Å². The molecule has 1 aromatic rings. The molecule has 18 heavy (non-hydrogen) atoms. The average molecular weight is 240 g/mol. The first kappa shape index (κ1) is 11.5. The van der Waals surface area contributed by atoms with Crippen LogP contribution < -0.4 is 5.32 Å². The van der Waals surface area contributed by atoms with Crippen LogP contribution in [0.4, 0.5) is 11.4 Å². The van der Waals surface area contributed by atoms with Gasteiger partial charge in [-0.1, -0.05) is 32.9 Å². The Morgan fingerprint density at radius 1 is 1.28 bits per heavy atom. The lowest BCUT2D eigenvalue weighted by molar-refractivity contribution is 0.216. The smallest absolute Gasteiger partial charge is 0.0864 e. The van der Waals surface area contributed by atoms with Gasteiger partial charge in [-0.25, -0.2) is 0 Å². The summed E-state index contributed by atoms with van der Waals surface area (Å²) in [5.41, 5.74) is 5.26. The summed E-state index contributed by atoms with van der Waals surface area (Å²) in [7, 11) is 0. The van der Waals surface area contributed by atoms with E-state index in [1.807, 2.05) is 6.07 Å². The molecule has 1 heterocycles. The summed E-state index contributed by atoms with van der Waals surface area (Å²) in [6.07, 6.45) is 4.28. The van der Waals surface area contributed by atoms with Crippen molar-refractivity contribution in [2.75, 3.05) is 5.32 Å². The summed E-state index contributed by atoms with van der Waals surface area (Å²) in [6, 6.07) is 8.26. The molecule has 0 saturated heterocycles. The predicted molar refractivity (Wildman–Crippen MR) is 77.4 cm³/mol. The Morgan fingerprint density at radius 3 is 2.89 bits per heavy atom. The van der Waals surface area contributed by atoms with Crippen molar-refractivity contribution in [1.82, 2.24) is 0 Å². The highest BCUT2D eigenvalue weighted by Crippen LogP contribution is 2.44. The van der Waals surface area contributed by atoms with Crippen molar-refractivity contribution in [2.24, 2.45) is 16.3 Å². The van der Waals surface area contributed by atoms with Crippen molar-refractivity contribution in [3.63, 3.8) is 0 Å². The number of nitrogens with zero attached hydrogens (tertiary/aromatic N) is 1. The number of para-hydroxylation sites is 2. The topological polar surface area (TPSA) is 24.4 Å². The normalized spacial score (nSPS) is 24.9. The summed E-state index contributed by atoms with van der Waals surface area (Å²) < 4.78 is 0. The number of anilines is 1. The molecule has 1 aromatic carbocycles. The van der Waals surface area contributed by atoms with Crippen molar-refractivity contribution in [2.45, 2.75) is 33.6 Å². The van der Waals surface area contributed by atoms with Crippen LogP contribution in [0.25, 0.3) is 0 Å². The fourth-order valence-electron chi connectivity index (χ4n) is 2.74. The number of allylic oxidation sites excluding steroid dienone is 2. The predicted octanol–water partition coefficient (Wildman–Crippen LogP) is 4.52. The first-order valence-corrected chi connectivity index (χ1v) is 6.68. The second-order valence-electron chi connectivity index (χ2n) is 6.17. The van der Waals surface area contributed by atoms with Crippen LogP contribution in [-0.2, 0) is 0 Å². The van der Waals surface area contributed by atoms with E-state index in [1.165, 1.54) is 11.3 Å². The zero-order valence-electron chi connectivity index (χ0n) is 11.3. The van der Waals surface area contributed by atoms with Gasteiger partial charge in [0.05, 0.1) is 11.4 Å². The van der Waals surface area contributed by atoms with Gasteiger partial charge in [0, 0.05) is 11.9 Å². The van der Waals surface area contributed by atoms with Gasteiger partial charge in [0.25, 0.3) is 0 Å². The van der Waals surface area contributed by atoms with Gasteiger partial charge in [0.1, 0.15) is 0 Å². The fraction of sp³-hybridized carbons (Fsp3) is 0.438. The van der Waals surface area contributed by atoms with Gasteiger partial charge in [0.2, 0.25) is 0 Å². The number of nitrogens with one attached hydrogen (secondary N) is 1. The van der Waals surface area contributed by atoms with Crippen molar-refractivity contribution < 1.29 is 0 Å². The van der Waals surface area contributed by atoms with Crippen LogP contribution in [0.5, 0.6) is 0 Å². The largest absolute Gasteiger partial charge is 0.357 e. The SMILES string of the molecule is C[C@@H]1CC2=C(C=Nc3ccccc3N2)CC1(C)C. The standard InChI is InChI=1S/C16H20N2/c1-11-8-15-12(9-16(11,2)3)10-17-13-6-4-5-7-14(13)18-15/h4-7,10-11,18H,8-9H2,1-3H3/t11-/m1/s1. The minimum atomic E-state index is 0.364. The van der Waals surface area contributed by atoms with E-state index in [9.17, 15) is 0 Å². The highest BCUT2D eigenvalue weighted by Gasteiger charge is 2.33. The Kier molecular flexibility index (Phi) is 2.54. The van der Waals surface area contributed by atoms with E-state index in [2.05, 4.69) is 55.5 Å². The molecule has 0 fully saturated rings. The van der Waals surface area contributed by atoms with E-state index in [0.29, 0.717) is 11.3 Å². The molecule has 2 nitrogen and oxygen atoms in total. The van der Waals surface area contributed by atoms with Crippen LogP contribution >= 0.6 is 0 Å². The quantitative estimate of drug-likeness (QED) is 0.708. The Labute approximate surface area is 109 Å². The first-order valence-electron chi connectivity index (χ1n) is 6.68. The molecule has 2 aliphatic rings. The summed E-state index contributed by atoms with van der Waals surface area (Å²) in [6.45, 7) is 7.06. The van der Waals surface area contributed by atoms with Crippen LogP contribution in [0, 0.1) is 11.3 Å².